The van der Waals surface area contributed by atoms with Crippen molar-refractivity contribution >= 4 is 28.9 Å². The van der Waals surface area contributed by atoms with Crippen molar-refractivity contribution in [1.29, 1.82) is 0 Å². The Kier molecular flexibility index (Phi) is 7.55. The molecule has 28 heavy (non-hydrogen) atoms. The first-order valence-electron chi connectivity index (χ1n) is 9.46. The van der Waals surface area contributed by atoms with Gasteiger partial charge in [0.2, 0.25) is 0 Å². The van der Waals surface area contributed by atoms with Gasteiger partial charge in [-0.25, -0.2) is 9.97 Å². The fraction of sp³-hybridized carbons (Fsp3) is 0.579. The van der Waals surface area contributed by atoms with Gasteiger partial charge in [-0.05, 0) is 30.7 Å². The van der Waals surface area contributed by atoms with Crippen molar-refractivity contribution in [3.8, 4) is 11.5 Å². The number of piperidine rings is 1. The fourth-order valence-electron chi connectivity index (χ4n) is 3.72. The van der Waals surface area contributed by atoms with Crippen LogP contribution in [0.15, 0.2) is 18.5 Å². The Balaban J connectivity index is 1.79. The number of nitrogens with one attached hydrogen (secondary N) is 1. The Hall–Kier alpha value is -1.81. The average Bonchev–Trinajstić information content (AvgIpc) is 2.75. The molecular weight excluding hydrogens is 378 g/mol. The van der Waals surface area contributed by atoms with Gasteiger partial charge in [0.05, 0.1) is 12.6 Å². The van der Waals surface area contributed by atoms with Gasteiger partial charge in [-0.3, -0.25) is 9.86 Å². The Morgan fingerprint density at radius 2 is 2.04 bits per heavy atom. The second kappa shape index (κ2) is 10.1. The van der Waals surface area contributed by atoms with Crippen LogP contribution >= 0.6 is 12.1 Å². The number of ether oxygens (including phenoxy) is 3. The van der Waals surface area contributed by atoms with Gasteiger partial charge in [0, 0.05) is 50.3 Å². The summed E-state index contributed by atoms with van der Waals surface area (Å²) in [6.07, 6.45) is 3.88. The summed E-state index contributed by atoms with van der Waals surface area (Å²) in [5.41, 5.74) is 0.839. The molecule has 0 bridgehead atoms. The number of hydrogen-bond donors (Lipinski definition) is 2. The normalized spacial score (nSPS) is 16.4. The third-order valence-corrected chi connectivity index (χ3v) is 5.70. The van der Waals surface area contributed by atoms with E-state index >= 15 is 0 Å². The van der Waals surface area contributed by atoms with E-state index in [1.807, 2.05) is 12.1 Å². The van der Waals surface area contributed by atoms with Crippen LogP contribution in [0.4, 0.5) is 5.82 Å². The van der Waals surface area contributed by atoms with E-state index in [0.717, 1.165) is 49.2 Å². The van der Waals surface area contributed by atoms with E-state index in [9.17, 15) is 0 Å². The highest BCUT2D eigenvalue weighted by Gasteiger charge is 2.25. The van der Waals surface area contributed by atoms with Crippen LogP contribution in [-0.4, -0.2) is 50.6 Å². The second-order valence-electron chi connectivity index (χ2n) is 7.04. The van der Waals surface area contributed by atoms with Crippen LogP contribution in [-0.2, 0) is 4.74 Å². The van der Waals surface area contributed by atoms with E-state index in [4.69, 9.17) is 19.3 Å². The molecule has 0 saturated carbocycles. The first-order valence-corrected chi connectivity index (χ1v) is 10.3. The summed E-state index contributed by atoms with van der Waals surface area (Å²) in [4.78, 5) is 11.3. The lowest BCUT2D eigenvalue weighted by molar-refractivity contribution is 0.0493. The highest BCUT2D eigenvalue weighted by atomic mass is 32.2. The van der Waals surface area contributed by atoms with Crippen LogP contribution < -0.4 is 24.2 Å². The summed E-state index contributed by atoms with van der Waals surface area (Å²) in [5.74, 6) is 3.48. The topological polar surface area (TPSA) is 94.8 Å². The number of aromatic nitrogens is 2. The summed E-state index contributed by atoms with van der Waals surface area (Å²) in [7, 11) is 3.21. The lowest BCUT2D eigenvalue weighted by Crippen LogP contribution is -2.38. The number of benzene rings is 1. The van der Waals surface area contributed by atoms with Gasteiger partial charge >= 0.3 is 0 Å². The van der Waals surface area contributed by atoms with E-state index in [2.05, 4.69) is 26.5 Å². The minimum absolute atomic E-state index is 0.156. The largest absolute Gasteiger partial charge is 0.493 e. The van der Waals surface area contributed by atoms with Crippen molar-refractivity contribution in [2.45, 2.75) is 19.8 Å². The summed E-state index contributed by atoms with van der Waals surface area (Å²) in [6, 6.07) is 3.83. The van der Waals surface area contributed by atoms with Crippen LogP contribution in [0.25, 0.3) is 10.9 Å². The Morgan fingerprint density at radius 3 is 2.71 bits per heavy atom. The second-order valence-corrected chi connectivity index (χ2v) is 7.56. The van der Waals surface area contributed by atoms with Crippen molar-refractivity contribution < 1.29 is 14.2 Å². The van der Waals surface area contributed by atoms with E-state index in [0.29, 0.717) is 23.3 Å². The maximum Gasteiger partial charge on any atom is 0.188 e. The zero-order valence-corrected chi connectivity index (χ0v) is 17.5. The molecule has 2 heterocycles. The molecule has 0 aliphatic carbocycles. The van der Waals surface area contributed by atoms with Crippen molar-refractivity contribution in [2.24, 2.45) is 17.0 Å². The molecule has 0 amide bonds. The molecule has 8 nitrogen and oxygen atoms in total. The molecule has 1 unspecified atom stereocenters. The molecule has 1 saturated heterocycles. The zero-order valence-electron chi connectivity index (χ0n) is 16.7. The number of nitrogens with zero attached hydrogens (tertiary/aromatic N) is 3. The van der Waals surface area contributed by atoms with Gasteiger partial charge < -0.3 is 19.1 Å². The molecule has 1 aromatic heterocycles. The van der Waals surface area contributed by atoms with Crippen LogP contribution in [0.5, 0.6) is 11.5 Å². The Morgan fingerprint density at radius 1 is 1.25 bits per heavy atom. The molecule has 0 radical (unpaired) electrons. The third kappa shape index (κ3) is 4.78. The predicted octanol–water partition coefficient (Wildman–Crippen LogP) is 2.59. The smallest absolute Gasteiger partial charge is 0.188 e. The Bertz CT molecular complexity index is 771. The van der Waals surface area contributed by atoms with Crippen LogP contribution in [0.2, 0.25) is 0 Å². The first kappa shape index (κ1) is 20.9. The molecule has 2 aromatic rings. The number of nitrogens with two attached hydrogens (primary N) is 1. The van der Waals surface area contributed by atoms with Gasteiger partial charge in [0.15, 0.2) is 18.3 Å². The van der Waals surface area contributed by atoms with E-state index < -0.39 is 0 Å². The molecule has 154 valence electrons. The van der Waals surface area contributed by atoms with Crippen LogP contribution in [0.3, 0.4) is 0 Å². The van der Waals surface area contributed by atoms with Crippen molar-refractivity contribution in [3.63, 3.8) is 0 Å². The highest BCUT2D eigenvalue weighted by Crippen LogP contribution is 2.36. The summed E-state index contributed by atoms with van der Waals surface area (Å²) >= 11 is 1.19. The van der Waals surface area contributed by atoms with E-state index in [1.165, 1.54) is 12.1 Å². The monoisotopic (exact) mass is 407 g/mol. The van der Waals surface area contributed by atoms with Gasteiger partial charge in [0.1, 0.15) is 12.1 Å². The standard InChI is InChI=1S/C19H29N5O3S/c1-13(10-23-28-20)14-4-6-24(7-5-14)19-15-8-18(27-12-25-2)17(26-3)9-16(15)21-11-22-19/h8-9,11,13-14,23H,4-7,10,12,20H2,1-3H3. The molecule has 9 heteroatoms. The van der Waals surface area contributed by atoms with Gasteiger partial charge in [-0.1, -0.05) is 6.92 Å². The molecule has 1 aliphatic rings. The lowest BCUT2D eigenvalue weighted by atomic mass is 9.85. The molecule has 3 rings (SSSR count). The summed E-state index contributed by atoms with van der Waals surface area (Å²) in [5, 5.41) is 6.44. The maximum absolute atomic E-state index is 5.67. The molecular formula is C19H29N5O3S. The summed E-state index contributed by atoms with van der Waals surface area (Å²) in [6.45, 7) is 5.31. The number of hydrogen-bond acceptors (Lipinski definition) is 9. The quantitative estimate of drug-likeness (QED) is 0.480. The number of anilines is 1. The minimum Gasteiger partial charge on any atom is -0.493 e. The Labute approximate surface area is 170 Å². The zero-order chi connectivity index (χ0) is 19.9. The first-order chi connectivity index (χ1) is 13.7. The van der Waals surface area contributed by atoms with Gasteiger partial charge in [-0.15, -0.1) is 0 Å². The van der Waals surface area contributed by atoms with Gasteiger partial charge in [-0.2, -0.15) is 0 Å². The lowest BCUT2D eigenvalue weighted by Gasteiger charge is -2.36. The van der Waals surface area contributed by atoms with Crippen LogP contribution in [0, 0.1) is 11.8 Å². The fourth-order valence-corrected chi connectivity index (χ4v) is 4.08. The third-order valence-electron chi connectivity index (χ3n) is 5.36. The predicted molar refractivity (Wildman–Crippen MR) is 112 cm³/mol. The SMILES string of the molecule is COCOc1cc2c(N3CCC(C(C)CNSN)CC3)ncnc2cc1OC. The summed E-state index contributed by atoms with van der Waals surface area (Å²) < 4.78 is 19.3. The van der Waals surface area contributed by atoms with E-state index in [-0.39, 0.29) is 6.79 Å². The van der Waals surface area contributed by atoms with Crippen molar-refractivity contribution in [2.75, 3.05) is 45.5 Å². The molecule has 1 aliphatic heterocycles. The highest BCUT2D eigenvalue weighted by molar-refractivity contribution is 7.95. The van der Waals surface area contributed by atoms with E-state index in [1.54, 1.807) is 20.5 Å². The molecule has 1 fully saturated rings. The van der Waals surface area contributed by atoms with Crippen molar-refractivity contribution in [1.82, 2.24) is 14.7 Å². The molecule has 1 atom stereocenters. The number of methoxy groups -OCH3 is 2. The van der Waals surface area contributed by atoms with Crippen molar-refractivity contribution in [3.05, 3.63) is 18.5 Å². The molecule has 3 N–H and O–H groups in total. The number of rotatable bonds is 9. The van der Waals surface area contributed by atoms with Crippen LogP contribution in [0.1, 0.15) is 19.8 Å². The molecule has 0 spiro atoms. The maximum atomic E-state index is 5.67. The average molecular weight is 408 g/mol. The molecule has 1 aromatic carbocycles. The number of fused-ring (bicyclic) bond motifs is 1. The minimum atomic E-state index is 0.156. The van der Waals surface area contributed by atoms with Gasteiger partial charge in [0.25, 0.3) is 0 Å².